The molecule has 4 nitrogen and oxygen atoms in total. The van der Waals surface area contributed by atoms with E-state index in [0.717, 1.165) is 17.2 Å². The van der Waals surface area contributed by atoms with E-state index in [9.17, 15) is 0 Å². The second-order valence-corrected chi connectivity index (χ2v) is 10.8. The minimum atomic E-state index is -0.127. The molecule has 0 aliphatic heterocycles. The standard InChI is InChI=1S/C34H26N4/c1-21-35-32-18-17-28-33(38(32)36-21)27-16-14-22(19-29(27)34(28,2)3)23-13-15-26-25-11-7-8-12-30(25)37(31(26)20-23)24-9-5-4-6-10-24/h4-20H,1-3H3. The summed E-state index contributed by atoms with van der Waals surface area (Å²) in [5.74, 6) is 0.795. The van der Waals surface area contributed by atoms with Gasteiger partial charge in [-0.25, -0.2) is 9.50 Å². The van der Waals surface area contributed by atoms with Gasteiger partial charge in [0, 0.05) is 27.4 Å². The number of aromatic nitrogens is 4. The number of pyridine rings is 1. The second-order valence-electron chi connectivity index (χ2n) is 10.8. The van der Waals surface area contributed by atoms with Gasteiger partial charge >= 0.3 is 0 Å². The molecule has 0 saturated carbocycles. The van der Waals surface area contributed by atoms with Crippen LogP contribution in [0.1, 0.15) is 30.8 Å². The van der Waals surface area contributed by atoms with Gasteiger partial charge in [-0.1, -0.05) is 80.6 Å². The second kappa shape index (κ2) is 7.42. The van der Waals surface area contributed by atoms with Gasteiger partial charge in [-0.3, -0.25) is 0 Å². The van der Waals surface area contributed by atoms with Crippen LogP contribution in [-0.2, 0) is 5.41 Å². The Morgan fingerprint density at radius 3 is 2.26 bits per heavy atom. The Bertz CT molecular complexity index is 2060. The Morgan fingerprint density at radius 1 is 0.658 bits per heavy atom. The summed E-state index contributed by atoms with van der Waals surface area (Å²) in [5, 5.41) is 7.27. The zero-order valence-corrected chi connectivity index (χ0v) is 21.6. The molecule has 3 aromatic heterocycles. The summed E-state index contributed by atoms with van der Waals surface area (Å²) in [6.45, 7) is 6.58. The van der Waals surface area contributed by atoms with Crippen LogP contribution in [0.5, 0.6) is 0 Å². The molecule has 0 unspecified atom stereocenters. The fourth-order valence-corrected chi connectivity index (χ4v) is 6.42. The Labute approximate surface area is 220 Å². The van der Waals surface area contributed by atoms with Crippen molar-refractivity contribution in [1.29, 1.82) is 0 Å². The van der Waals surface area contributed by atoms with Crippen molar-refractivity contribution in [2.45, 2.75) is 26.2 Å². The minimum Gasteiger partial charge on any atom is -0.309 e. The Hall–Kier alpha value is -4.70. The first-order valence-electron chi connectivity index (χ1n) is 13.1. The van der Waals surface area contributed by atoms with E-state index < -0.39 is 0 Å². The van der Waals surface area contributed by atoms with E-state index >= 15 is 0 Å². The van der Waals surface area contributed by atoms with Gasteiger partial charge in [0.1, 0.15) is 5.82 Å². The molecule has 7 aromatic rings. The predicted molar refractivity (Wildman–Crippen MR) is 155 cm³/mol. The molecular formula is C34H26N4. The van der Waals surface area contributed by atoms with E-state index in [1.54, 1.807) is 0 Å². The first kappa shape index (κ1) is 21.4. The average molecular weight is 491 g/mol. The zero-order chi connectivity index (χ0) is 25.6. The van der Waals surface area contributed by atoms with E-state index in [0.29, 0.717) is 0 Å². The molecule has 0 atom stereocenters. The number of hydrogen-bond donors (Lipinski definition) is 0. The van der Waals surface area contributed by atoms with Gasteiger partial charge in [0.05, 0.1) is 16.7 Å². The Balaban J connectivity index is 1.35. The summed E-state index contributed by atoms with van der Waals surface area (Å²) in [6.07, 6.45) is 0. The van der Waals surface area contributed by atoms with Gasteiger partial charge in [-0.05, 0) is 65.6 Å². The van der Waals surface area contributed by atoms with E-state index in [2.05, 4.69) is 127 Å². The van der Waals surface area contributed by atoms with Crippen molar-refractivity contribution < 1.29 is 0 Å². The SMILES string of the molecule is Cc1nc2ccc3c(n2n1)-c1ccc(-c2ccc4c5ccccc5n(-c5ccccc5)c4c2)cc1C3(C)C. The highest BCUT2D eigenvalue weighted by molar-refractivity contribution is 6.10. The van der Waals surface area contributed by atoms with E-state index in [1.807, 2.05) is 11.4 Å². The van der Waals surface area contributed by atoms with E-state index in [4.69, 9.17) is 5.10 Å². The van der Waals surface area contributed by atoms with Crippen LogP contribution in [0.4, 0.5) is 0 Å². The first-order valence-corrected chi connectivity index (χ1v) is 13.1. The average Bonchev–Trinajstić information content (AvgIpc) is 3.55. The molecule has 1 aliphatic rings. The van der Waals surface area contributed by atoms with Crippen molar-refractivity contribution in [2.75, 3.05) is 0 Å². The number of nitrogens with zero attached hydrogens (tertiary/aromatic N) is 4. The van der Waals surface area contributed by atoms with Gasteiger partial charge < -0.3 is 4.57 Å². The van der Waals surface area contributed by atoms with E-state index in [1.165, 1.54) is 55.3 Å². The maximum Gasteiger partial charge on any atom is 0.156 e. The Kier molecular flexibility index (Phi) is 4.18. The lowest BCUT2D eigenvalue weighted by molar-refractivity contribution is 0.657. The van der Waals surface area contributed by atoms with Crippen molar-refractivity contribution in [1.82, 2.24) is 19.2 Å². The maximum absolute atomic E-state index is 4.73. The highest BCUT2D eigenvalue weighted by atomic mass is 15.3. The molecule has 0 spiro atoms. The van der Waals surface area contributed by atoms with Gasteiger partial charge in [0.25, 0.3) is 0 Å². The lowest BCUT2D eigenvalue weighted by Gasteiger charge is -2.21. The molecule has 4 aromatic carbocycles. The fourth-order valence-electron chi connectivity index (χ4n) is 6.42. The summed E-state index contributed by atoms with van der Waals surface area (Å²) in [4.78, 5) is 4.61. The minimum absolute atomic E-state index is 0.127. The highest BCUT2D eigenvalue weighted by Gasteiger charge is 2.37. The summed E-state index contributed by atoms with van der Waals surface area (Å²) >= 11 is 0. The van der Waals surface area contributed by atoms with Crippen LogP contribution in [0.2, 0.25) is 0 Å². The number of para-hydroxylation sites is 2. The fraction of sp³-hybridized carbons (Fsp3) is 0.118. The number of rotatable bonds is 2. The van der Waals surface area contributed by atoms with Crippen LogP contribution in [0.15, 0.2) is 103 Å². The van der Waals surface area contributed by atoms with Crippen LogP contribution < -0.4 is 0 Å². The monoisotopic (exact) mass is 490 g/mol. The van der Waals surface area contributed by atoms with Crippen molar-refractivity contribution in [3.05, 3.63) is 120 Å². The first-order chi connectivity index (χ1) is 18.5. The highest BCUT2D eigenvalue weighted by Crippen LogP contribution is 2.49. The maximum atomic E-state index is 4.73. The predicted octanol–water partition coefficient (Wildman–Crippen LogP) is 8.11. The molecule has 0 bridgehead atoms. The quantitative estimate of drug-likeness (QED) is 0.245. The van der Waals surface area contributed by atoms with Crippen LogP contribution in [0.3, 0.4) is 0 Å². The molecule has 38 heavy (non-hydrogen) atoms. The normalized spacial score (nSPS) is 13.9. The van der Waals surface area contributed by atoms with Crippen LogP contribution >= 0.6 is 0 Å². The number of aryl methyl sites for hydroxylation is 1. The van der Waals surface area contributed by atoms with Crippen LogP contribution in [-0.4, -0.2) is 19.2 Å². The number of benzene rings is 4. The third kappa shape index (κ3) is 2.80. The van der Waals surface area contributed by atoms with Gasteiger partial charge in [0.2, 0.25) is 0 Å². The molecule has 0 amide bonds. The van der Waals surface area contributed by atoms with Gasteiger partial charge in [-0.15, -0.1) is 0 Å². The lowest BCUT2D eigenvalue weighted by Crippen LogP contribution is -2.15. The Morgan fingerprint density at radius 2 is 1.39 bits per heavy atom. The van der Waals surface area contributed by atoms with E-state index in [-0.39, 0.29) is 5.41 Å². The molecule has 0 fully saturated rings. The van der Waals surface area contributed by atoms with Crippen molar-refractivity contribution >= 4 is 27.5 Å². The molecule has 0 radical (unpaired) electrons. The van der Waals surface area contributed by atoms with Crippen LogP contribution in [0, 0.1) is 6.92 Å². The summed E-state index contributed by atoms with van der Waals surface area (Å²) in [7, 11) is 0. The number of fused-ring (bicyclic) bond motifs is 8. The summed E-state index contributed by atoms with van der Waals surface area (Å²) in [6, 6.07) is 37.4. The third-order valence-corrected chi connectivity index (χ3v) is 8.25. The molecule has 8 rings (SSSR count). The topological polar surface area (TPSA) is 35.1 Å². The summed E-state index contributed by atoms with van der Waals surface area (Å²) < 4.78 is 4.40. The van der Waals surface area contributed by atoms with Gasteiger partial charge in [-0.2, -0.15) is 5.10 Å². The largest absolute Gasteiger partial charge is 0.309 e. The summed E-state index contributed by atoms with van der Waals surface area (Å²) in [5.41, 5.74) is 11.9. The molecule has 182 valence electrons. The van der Waals surface area contributed by atoms with Crippen molar-refractivity contribution in [2.24, 2.45) is 0 Å². The van der Waals surface area contributed by atoms with Crippen molar-refractivity contribution in [3.63, 3.8) is 0 Å². The molecule has 0 saturated heterocycles. The molecule has 1 aliphatic carbocycles. The molecule has 4 heteroatoms. The number of hydrogen-bond acceptors (Lipinski definition) is 2. The lowest BCUT2D eigenvalue weighted by atomic mass is 9.82. The van der Waals surface area contributed by atoms with Gasteiger partial charge in [0.15, 0.2) is 5.65 Å². The molecular weight excluding hydrogens is 464 g/mol. The van der Waals surface area contributed by atoms with Crippen molar-refractivity contribution in [3.8, 4) is 28.1 Å². The zero-order valence-electron chi connectivity index (χ0n) is 21.6. The molecule has 3 heterocycles. The third-order valence-electron chi connectivity index (χ3n) is 8.25. The smallest absolute Gasteiger partial charge is 0.156 e. The molecule has 0 N–H and O–H groups in total. The van der Waals surface area contributed by atoms with Crippen LogP contribution in [0.25, 0.3) is 55.5 Å².